The molecule has 0 fully saturated rings. The number of nitrogens with zero attached hydrogens (tertiary/aromatic N) is 2. The molecule has 0 aliphatic carbocycles. The zero-order valence-corrected chi connectivity index (χ0v) is 7.81. The predicted molar refractivity (Wildman–Crippen MR) is 43.5 cm³/mol. The van der Waals surface area contributed by atoms with Crippen LogP contribution in [-0.4, -0.2) is 15.7 Å². The summed E-state index contributed by atoms with van der Waals surface area (Å²) in [7, 11) is 0. The summed E-state index contributed by atoms with van der Waals surface area (Å²) in [4.78, 5) is 0. The first kappa shape index (κ1) is 8.16. The molecule has 1 aliphatic heterocycles. The van der Waals surface area contributed by atoms with E-state index in [-0.39, 0.29) is 13.0 Å². The van der Waals surface area contributed by atoms with Crippen molar-refractivity contribution in [3.8, 4) is 0 Å². The molecule has 1 aromatic rings. The fourth-order valence-electron chi connectivity index (χ4n) is 1.40. The lowest BCUT2D eigenvalue weighted by molar-refractivity contribution is 0.000906. The van der Waals surface area contributed by atoms with Crippen LogP contribution in [0, 0.1) is 0 Å². The molecule has 2 heterocycles. The van der Waals surface area contributed by atoms with E-state index in [0.29, 0.717) is 11.0 Å². The van der Waals surface area contributed by atoms with E-state index in [0.717, 1.165) is 5.69 Å². The van der Waals surface area contributed by atoms with E-state index in [2.05, 4.69) is 21.0 Å². The molecule has 0 aromatic carbocycles. The van der Waals surface area contributed by atoms with E-state index < -0.39 is 5.92 Å². The molecule has 1 aliphatic rings. The molecule has 0 atom stereocenters. The van der Waals surface area contributed by atoms with Crippen LogP contribution in [0.3, 0.4) is 0 Å². The van der Waals surface area contributed by atoms with Gasteiger partial charge in [-0.25, -0.2) is 8.78 Å². The molecular formula is C7H7BrF2N2. The molecule has 12 heavy (non-hydrogen) atoms. The van der Waals surface area contributed by atoms with Gasteiger partial charge in [-0.2, -0.15) is 5.10 Å². The van der Waals surface area contributed by atoms with Gasteiger partial charge >= 0.3 is 0 Å². The van der Waals surface area contributed by atoms with Crippen LogP contribution < -0.4 is 0 Å². The number of aromatic nitrogens is 2. The van der Waals surface area contributed by atoms with E-state index in [1.165, 1.54) is 4.68 Å². The Balaban J connectivity index is 2.30. The molecule has 0 unspecified atom stereocenters. The molecule has 2 rings (SSSR count). The zero-order chi connectivity index (χ0) is 8.77. The summed E-state index contributed by atoms with van der Waals surface area (Å²) in [5.41, 5.74) is 1.45. The van der Waals surface area contributed by atoms with Crippen molar-refractivity contribution >= 4 is 15.9 Å². The van der Waals surface area contributed by atoms with Crippen LogP contribution in [0.2, 0.25) is 0 Å². The normalized spacial score (nSPS) is 19.6. The fourth-order valence-corrected chi connectivity index (χ4v) is 1.67. The van der Waals surface area contributed by atoms with Gasteiger partial charge in [-0.1, -0.05) is 15.9 Å². The van der Waals surface area contributed by atoms with Gasteiger partial charge in [-0.3, -0.25) is 4.68 Å². The van der Waals surface area contributed by atoms with Gasteiger partial charge in [-0.15, -0.1) is 0 Å². The highest BCUT2D eigenvalue weighted by atomic mass is 79.9. The Labute approximate surface area is 76.7 Å². The Bertz CT molecular complexity index is 283. The van der Waals surface area contributed by atoms with Gasteiger partial charge in [0.15, 0.2) is 0 Å². The van der Waals surface area contributed by atoms with E-state index in [4.69, 9.17) is 0 Å². The van der Waals surface area contributed by atoms with Crippen molar-refractivity contribution in [2.24, 2.45) is 0 Å². The lowest BCUT2D eigenvalue weighted by Crippen LogP contribution is -2.17. The number of hydrogen-bond acceptors (Lipinski definition) is 1. The lowest BCUT2D eigenvalue weighted by Gasteiger charge is -2.04. The summed E-state index contributed by atoms with van der Waals surface area (Å²) in [6, 6.07) is 1.72. The van der Waals surface area contributed by atoms with Crippen LogP contribution in [0.25, 0.3) is 0 Å². The Morgan fingerprint density at radius 1 is 1.67 bits per heavy atom. The first-order valence-electron chi connectivity index (χ1n) is 3.60. The van der Waals surface area contributed by atoms with Crippen LogP contribution in [0.4, 0.5) is 8.78 Å². The summed E-state index contributed by atoms with van der Waals surface area (Å²) >= 11 is 3.22. The smallest absolute Gasteiger partial charge is 0.263 e. The molecule has 0 amide bonds. The van der Waals surface area contributed by atoms with Gasteiger partial charge < -0.3 is 0 Å². The summed E-state index contributed by atoms with van der Waals surface area (Å²) in [5.74, 6) is -2.59. The largest absolute Gasteiger partial charge is 0.272 e. The standard InChI is InChI=1S/C7H7BrF2N2/c8-3-5-1-6-2-7(9,10)4-12(6)11-5/h1H,2-4H2. The minimum absolute atomic E-state index is 0.174. The summed E-state index contributed by atoms with van der Waals surface area (Å²) in [6.07, 6.45) is -0.174. The maximum absolute atomic E-state index is 12.7. The topological polar surface area (TPSA) is 17.8 Å². The van der Waals surface area contributed by atoms with Crippen LogP contribution >= 0.6 is 15.9 Å². The van der Waals surface area contributed by atoms with Crippen molar-refractivity contribution in [2.45, 2.75) is 24.2 Å². The number of alkyl halides is 3. The average Bonchev–Trinajstić information content (AvgIpc) is 2.40. The summed E-state index contributed by atoms with van der Waals surface area (Å²) in [6.45, 7) is -0.269. The Morgan fingerprint density at radius 2 is 2.42 bits per heavy atom. The van der Waals surface area contributed by atoms with Crippen molar-refractivity contribution in [3.63, 3.8) is 0 Å². The number of hydrogen-bond donors (Lipinski definition) is 0. The maximum atomic E-state index is 12.7. The van der Waals surface area contributed by atoms with E-state index >= 15 is 0 Å². The van der Waals surface area contributed by atoms with Gasteiger partial charge in [0.25, 0.3) is 5.92 Å². The van der Waals surface area contributed by atoms with E-state index in [9.17, 15) is 8.78 Å². The lowest BCUT2D eigenvalue weighted by atomic mass is 10.2. The van der Waals surface area contributed by atoms with Gasteiger partial charge in [-0.05, 0) is 6.07 Å². The third kappa shape index (κ3) is 1.26. The number of halogens is 3. The van der Waals surface area contributed by atoms with Gasteiger partial charge in [0, 0.05) is 11.0 Å². The molecule has 0 bridgehead atoms. The van der Waals surface area contributed by atoms with Crippen LogP contribution in [0.5, 0.6) is 0 Å². The average molecular weight is 237 g/mol. The molecule has 0 saturated heterocycles. The molecule has 0 saturated carbocycles. The minimum atomic E-state index is -2.59. The van der Waals surface area contributed by atoms with Crippen LogP contribution in [0.1, 0.15) is 11.4 Å². The predicted octanol–water partition coefficient (Wildman–Crippen LogP) is 1.97. The molecule has 66 valence electrons. The van der Waals surface area contributed by atoms with Gasteiger partial charge in [0.05, 0.1) is 12.1 Å². The summed E-state index contributed by atoms with van der Waals surface area (Å²) < 4.78 is 26.9. The SMILES string of the molecule is FC1(F)Cc2cc(CBr)nn2C1. The van der Waals surface area contributed by atoms with Crippen molar-refractivity contribution < 1.29 is 8.78 Å². The van der Waals surface area contributed by atoms with Gasteiger partial charge in [0.2, 0.25) is 0 Å². The number of fused-ring (bicyclic) bond motifs is 1. The number of rotatable bonds is 1. The maximum Gasteiger partial charge on any atom is 0.272 e. The quantitative estimate of drug-likeness (QED) is 0.683. The third-order valence-corrected chi connectivity index (χ3v) is 2.45. The Morgan fingerprint density at radius 3 is 3.00 bits per heavy atom. The molecular weight excluding hydrogens is 230 g/mol. The van der Waals surface area contributed by atoms with Gasteiger partial charge in [0.1, 0.15) is 6.54 Å². The molecule has 0 spiro atoms. The van der Waals surface area contributed by atoms with E-state index in [1.807, 2.05) is 0 Å². The zero-order valence-electron chi connectivity index (χ0n) is 6.23. The van der Waals surface area contributed by atoms with E-state index in [1.54, 1.807) is 6.07 Å². The monoisotopic (exact) mass is 236 g/mol. The fraction of sp³-hybridized carbons (Fsp3) is 0.571. The van der Waals surface area contributed by atoms with Crippen LogP contribution in [0.15, 0.2) is 6.07 Å². The first-order valence-corrected chi connectivity index (χ1v) is 4.72. The highest BCUT2D eigenvalue weighted by Crippen LogP contribution is 2.29. The first-order chi connectivity index (χ1) is 5.61. The molecule has 1 aromatic heterocycles. The Kier molecular flexibility index (Phi) is 1.71. The van der Waals surface area contributed by atoms with Crippen molar-refractivity contribution in [3.05, 3.63) is 17.5 Å². The Hall–Kier alpha value is -0.450. The molecule has 0 radical (unpaired) electrons. The molecule has 0 N–H and O–H groups in total. The van der Waals surface area contributed by atoms with Crippen molar-refractivity contribution in [1.82, 2.24) is 9.78 Å². The highest BCUT2D eigenvalue weighted by molar-refractivity contribution is 9.08. The molecule has 5 heteroatoms. The second-order valence-corrected chi connectivity index (χ2v) is 3.51. The third-order valence-electron chi connectivity index (χ3n) is 1.87. The summed E-state index contributed by atoms with van der Waals surface area (Å²) in [5, 5.41) is 4.62. The van der Waals surface area contributed by atoms with Crippen LogP contribution in [-0.2, 0) is 18.3 Å². The second kappa shape index (κ2) is 2.52. The van der Waals surface area contributed by atoms with Crippen molar-refractivity contribution in [1.29, 1.82) is 0 Å². The molecule has 2 nitrogen and oxygen atoms in total. The second-order valence-electron chi connectivity index (χ2n) is 2.95. The highest BCUT2D eigenvalue weighted by Gasteiger charge is 2.38. The van der Waals surface area contributed by atoms with Crippen molar-refractivity contribution in [2.75, 3.05) is 0 Å². The minimum Gasteiger partial charge on any atom is -0.263 e.